The van der Waals surface area contributed by atoms with Crippen LogP contribution in [0.3, 0.4) is 0 Å². The minimum absolute atomic E-state index is 0.110. The van der Waals surface area contributed by atoms with Crippen molar-refractivity contribution in [3.8, 4) is 27.6 Å². The predicted octanol–water partition coefficient (Wildman–Crippen LogP) is 5.28. The summed E-state index contributed by atoms with van der Waals surface area (Å²) >= 11 is 7.41. The van der Waals surface area contributed by atoms with Crippen LogP contribution in [0, 0.1) is 0 Å². The van der Waals surface area contributed by atoms with Gasteiger partial charge in [-0.25, -0.2) is 23.4 Å². The summed E-state index contributed by atoms with van der Waals surface area (Å²) in [5.41, 5.74) is 2.32. The number of pyridine rings is 1. The molecule has 0 aliphatic heterocycles. The van der Waals surface area contributed by atoms with Crippen LogP contribution in [0.15, 0.2) is 78.3 Å². The third-order valence-electron chi connectivity index (χ3n) is 5.05. The molecule has 0 saturated carbocycles. The van der Waals surface area contributed by atoms with Gasteiger partial charge in [0.1, 0.15) is 27.2 Å². The zero-order valence-corrected chi connectivity index (χ0v) is 20.0. The molecule has 3 aromatic heterocycles. The molecule has 0 spiro atoms. The van der Waals surface area contributed by atoms with E-state index in [0.29, 0.717) is 21.2 Å². The molecule has 11 heteroatoms. The SMILES string of the molecule is COc1cc(-c2ncc(Cl)s2)ccc1-c1nccc2cc(S(=O)(=O)Nc3ccncn3)ccc12. The first-order chi connectivity index (χ1) is 16.4. The molecule has 0 radical (unpaired) electrons. The van der Waals surface area contributed by atoms with E-state index in [1.54, 1.807) is 37.7 Å². The fourth-order valence-electron chi connectivity index (χ4n) is 3.49. The lowest BCUT2D eigenvalue weighted by atomic mass is 10.0. The molecule has 5 aromatic rings. The van der Waals surface area contributed by atoms with E-state index in [-0.39, 0.29) is 10.7 Å². The van der Waals surface area contributed by atoms with Crippen molar-refractivity contribution in [1.29, 1.82) is 0 Å². The molecule has 0 unspecified atom stereocenters. The largest absolute Gasteiger partial charge is 0.496 e. The molecule has 0 saturated heterocycles. The van der Waals surface area contributed by atoms with Gasteiger partial charge in [0.15, 0.2) is 0 Å². The van der Waals surface area contributed by atoms with Crippen molar-refractivity contribution in [1.82, 2.24) is 19.9 Å². The number of anilines is 1. The van der Waals surface area contributed by atoms with E-state index in [2.05, 4.69) is 24.7 Å². The van der Waals surface area contributed by atoms with Gasteiger partial charge in [-0.3, -0.25) is 9.71 Å². The third kappa shape index (κ3) is 4.30. The number of benzene rings is 2. The highest BCUT2D eigenvalue weighted by molar-refractivity contribution is 7.92. The summed E-state index contributed by atoms with van der Waals surface area (Å²) in [6.45, 7) is 0. The average molecular weight is 510 g/mol. The highest BCUT2D eigenvalue weighted by Crippen LogP contribution is 2.38. The molecule has 0 atom stereocenters. The van der Waals surface area contributed by atoms with Crippen molar-refractivity contribution in [3.05, 3.63) is 77.8 Å². The van der Waals surface area contributed by atoms with Crippen LogP contribution in [-0.4, -0.2) is 35.5 Å². The molecule has 0 aliphatic carbocycles. The quantitative estimate of drug-likeness (QED) is 0.332. The minimum Gasteiger partial charge on any atom is -0.496 e. The Kier molecular flexibility index (Phi) is 5.86. The van der Waals surface area contributed by atoms with Crippen LogP contribution < -0.4 is 9.46 Å². The van der Waals surface area contributed by atoms with Crippen molar-refractivity contribution in [2.24, 2.45) is 0 Å². The van der Waals surface area contributed by atoms with Crippen molar-refractivity contribution in [2.45, 2.75) is 4.90 Å². The van der Waals surface area contributed by atoms with Crippen LogP contribution in [0.1, 0.15) is 0 Å². The summed E-state index contributed by atoms with van der Waals surface area (Å²) in [6.07, 6.45) is 5.99. The van der Waals surface area contributed by atoms with Gasteiger partial charge in [0.25, 0.3) is 10.0 Å². The standard InChI is InChI=1S/C23H16ClN5O3S2/c1-32-19-11-15(23-27-12-20(24)33-23)2-4-18(19)22-17-5-3-16(10-14(17)6-9-26-22)34(30,31)29-21-7-8-25-13-28-21/h2-13H,1H3,(H,25,28,29). The van der Waals surface area contributed by atoms with Crippen LogP contribution in [-0.2, 0) is 10.0 Å². The fourth-order valence-corrected chi connectivity index (χ4v) is 5.44. The predicted molar refractivity (Wildman–Crippen MR) is 133 cm³/mol. The monoisotopic (exact) mass is 509 g/mol. The molecule has 0 amide bonds. The second-order valence-corrected chi connectivity index (χ2v) is 10.5. The fraction of sp³-hybridized carbons (Fsp3) is 0.0435. The topological polar surface area (TPSA) is 107 Å². The number of ether oxygens (including phenoxy) is 1. The molecular formula is C23H16ClN5O3S2. The number of aromatic nitrogens is 4. The maximum absolute atomic E-state index is 12.9. The summed E-state index contributed by atoms with van der Waals surface area (Å²) in [5.74, 6) is 0.808. The highest BCUT2D eigenvalue weighted by Gasteiger charge is 2.18. The van der Waals surface area contributed by atoms with E-state index in [4.69, 9.17) is 16.3 Å². The van der Waals surface area contributed by atoms with Crippen molar-refractivity contribution in [3.63, 3.8) is 0 Å². The lowest BCUT2D eigenvalue weighted by molar-refractivity contribution is 0.416. The van der Waals surface area contributed by atoms with Gasteiger partial charge in [-0.2, -0.15) is 0 Å². The Bertz CT molecular complexity index is 1610. The Labute approximate surface area is 204 Å². The summed E-state index contributed by atoms with van der Waals surface area (Å²) in [7, 11) is -2.24. The summed E-state index contributed by atoms with van der Waals surface area (Å²) < 4.78 is 34.4. The van der Waals surface area contributed by atoms with E-state index < -0.39 is 10.0 Å². The van der Waals surface area contributed by atoms with Gasteiger partial charge in [0.05, 0.1) is 23.9 Å². The Morgan fingerprint density at radius 2 is 1.88 bits per heavy atom. The zero-order chi connectivity index (χ0) is 23.7. The Morgan fingerprint density at radius 3 is 2.62 bits per heavy atom. The molecule has 0 fully saturated rings. The molecule has 8 nitrogen and oxygen atoms in total. The van der Waals surface area contributed by atoms with Crippen LogP contribution in [0.5, 0.6) is 5.75 Å². The zero-order valence-electron chi connectivity index (χ0n) is 17.6. The summed E-state index contributed by atoms with van der Waals surface area (Å²) in [5, 5.41) is 2.28. The number of hydrogen-bond donors (Lipinski definition) is 1. The minimum atomic E-state index is -3.83. The van der Waals surface area contributed by atoms with Crippen LogP contribution >= 0.6 is 22.9 Å². The molecule has 0 bridgehead atoms. The Morgan fingerprint density at radius 1 is 1.00 bits per heavy atom. The number of halogens is 1. The number of thiazole rings is 1. The molecule has 2 aromatic carbocycles. The number of hydrogen-bond acceptors (Lipinski definition) is 8. The number of sulfonamides is 1. The molecule has 170 valence electrons. The van der Waals surface area contributed by atoms with E-state index in [9.17, 15) is 8.42 Å². The summed E-state index contributed by atoms with van der Waals surface area (Å²) in [6, 6.07) is 13.8. The van der Waals surface area contributed by atoms with Gasteiger partial charge in [-0.05, 0) is 41.8 Å². The lowest BCUT2D eigenvalue weighted by Crippen LogP contribution is -2.13. The van der Waals surface area contributed by atoms with Crippen LogP contribution in [0.25, 0.3) is 32.6 Å². The van der Waals surface area contributed by atoms with Gasteiger partial charge in [0, 0.05) is 28.9 Å². The van der Waals surface area contributed by atoms with E-state index in [1.807, 2.05) is 18.2 Å². The lowest BCUT2D eigenvalue weighted by Gasteiger charge is -2.13. The number of nitrogens with zero attached hydrogens (tertiary/aromatic N) is 4. The molecule has 3 heterocycles. The average Bonchev–Trinajstić information content (AvgIpc) is 3.29. The van der Waals surface area contributed by atoms with Crippen LogP contribution in [0.2, 0.25) is 4.34 Å². The first-order valence-electron chi connectivity index (χ1n) is 9.92. The van der Waals surface area contributed by atoms with Crippen molar-refractivity contribution in [2.75, 3.05) is 11.8 Å². The first kappa shape index (κ1) is 22.2. The number of fused-ring (bicyclic) bond motifs is 1. The van der Waals surface area contributed by atoms with Gasteiger partial charge in [-0.1, -0.05) is 23.7 Å². The highest BCUT2D eigenvalue weighted by atomic mass is 35.5. The van der Waals surface area contributed by atoms with Crippen LogP contribution in [0.4, 0.5) is 5.82 Å². The maximum Gasteiger partial charge on any atom is 0.263 e. The molecule has 0 aliphatic rings. The second kappa shape index (κ2) is 8.98. The smallest absolute Gasteiger partial charge is 0.263 e. The van der Waals surface area contributed by atoms with E-state index >= 15 is 0 Å². The summed E-state index contributed by atoms with van der Waals surface area (Å²) in [4.78, 5) is 16.7. The molecule has 1 N–H and O–H groups in total. The Balaban J connectivity index is 1.55. The van der Waals surface area contributed by atoms with Gasteiger partial charge >= 0.3 is 0 Å². The second-order valence-electron chi connectivity index (χ2n) is 7.13. The van der Waals surface area contributed by atoms with E-state index in [0.717, 1.165) is 21.5 Å². The van der Waals surface area contributed by atoms with Crippen molar-refractivity contribution < 1.29 is 13.2 Å². The third-order valence-corrected chi connectivity index (χ3v) is 7.56. The number of rotatable bonds is 6. The Hall–Kier alpha value is -3.60. The van der Waals surface area contributed by atoms with Gasteiger partial charge in [0.2, 0.25) is 0 Å². The molecular weight excluding hydrogens is 494 g/mol. The maximum atomic E-state index is 12.9. The van der Waals surface area contributed by atoms with Gasteiger partial charge in [-0.15, -0.1) is 11.3 Å². The molecule has 34 heavy (non-hydrogen) atoms. The first-order valence-corrected chi connectivity index (χ1v) is 12.6. The number of methoxy groups -OCH3 is 1. The molecule has 5 rings (SSSR count). The number of nitrogens with one attached hydrogen (secondary N) is 1. The van der Waals surface area contributed by atoms with Gasteiger partial charge < -0.3 is 4.74 Å². The van der Waals surface area contributed by atoms with E-state index in [1.165, 1.54) is 36.0 Å². The normalized spacial score (nSPS) is 11.5. The van der Waals surface area contributed by atoms with Crippen molar-refractivity contribution >= 4 is 49.6 Å².